The fourth-order valence-corrected chi connectivity index (χ4v) is 3.78. The number of ether oxygens (including phenoxy) is 1. The SMILES string of the molecule is C=C(C)CCc1cccc2c1CCO2.C=CCCC.CC#N.CCC(C)CCC(C)=O.CCC(C)c1cccc(F)c1. The average molecular weight is 580 g/mol. The Morgan fingerprint density at radius 3 is 2.21 bits per heavy atom. The number of hydrogen-bond donors (Lipinski definition) is 0. The van der Waals surface area contributed by atoms with E-state index in [0.717, 1.165) is 62.9 Å². The highest BCUT2D eigenvalue weighted by Gasteiger charge is 2.14. The Bertz CT molecular complexity index is 1050. The minimum atomic E-state index is -0.136. The van der Waals surface area contributed by atoms with Crippen LogP contribution in [0.3, 0.4) is 0 Å². The summed E-state index contributed by atoms with van der Waals surface area (Å²) in [6.07, 6.45) is 11.6. The predicted octanol–water partition coefficient (Wildman–Crippen LogP) is 11.4. The highest BCUT2D eigenvalue weighted by atomic mass is 19.1. The topological polar surface area (TPSA) is 50.1 Å². The maximum atomic E-state index is 12.7. The lowest BCUT2D eigenvalue weighted by Gasteiger charge is -2.07. The molecule has 0 spiro atoms. The molecule has 0 radical (unpaired) electrons. The van der Waals surface area contributed by atoms with Gasteiger partial charge < -0.3 is 9.53 Å². The van der Waals surface area contributed by atoms with Gasteiger partial charge >= 0.3 is 0 Å². The van der Waals surface area contributed by atoms with E-state index in [1.807, 2.05) is 12.1 Å². The van der Waals surface area contributed by atoms with Crippen molar-refractivity contribution in [1.82, 2.24) is 0 Å². The lowest BCUT2D eigenvalue weighted by molar-refractivity contribution is -0.117. The number of aryl methyl sites for hydroxylation is 1. The summed E-state index contributed by atoms with van der Waals surface area (Å²) >= 11 is 0. The van der Waals surface area contributed by atoms with Crippen LogP contribution < -0.4 is 4.74 Å². The first-order chi connectivity index (χ1) is 20.0. The molecule has 0 saturated carbocycles. The largest absolute Gasteiger partial charge is 0.493 e. The molecule has 0 saturated heterocycles. The van der Waals surface area contributed by atoms with Crippen molar-refractivity contribution in [3.8, 4) is 11.8 Å². The van der Waals surface area contributed by atoms with Crippen molar-refractivity contribution in [1.29, 1.82) is 5.26 Å². The molecule has 42 heavy (non-hydrogen) atoms. The lowest BCUT2D eigenvalue weighted by Crippen LogP contribution is -1.96. The number of fused-ring (bicyclic) bond motifs is 1. The summed E-state index contributed by atoms with van der Waals surface area (Å²) in [4.78, 5) is 10.5. The molecule has 1 heterocycles. The van der Waals surface area contributed by atoms with Gasteiger partial charge in [0, 0.05) is 25.3 Å². The number of ketones is 1. The number of rotatable bonds is 11. The predicted molar refractivity (Wildman–Crippen MR) is 180 cm³/mol. The van der Waals surface area contributed by atoms with Crippen molar-refractivity contribution in [2.24, 2.45) is 5.92 Å². The van der Waals surface area contributed by atoms with Crippen LogP contribution in [-0.2, 0) is 17.6 Å². The minimum Gasteiger partial charge on any atom is -0.493 e. The molecule has 4 heteroatoms. The first-order valence-corrected chi connectivity index (χ1v) is 15.5. The number of allylic oxidation sites excluding steroid dienone is 2. The Balaban J connectivity index is 0. The van der Waals surface area contributed by atoms with Crippen molar-refractivity contribution in [2.45, 2.75) is 119 Å². The highest BCUT2D eigenvalue weighted by Crippen LogP contribution is 2.29. The monoisotopic (exact) mass is 579 g/mol. The lowest BCUT2D eigenvalue weighted by atomic mass is 9.99. The molecule has 234 valence electrons. The van der Waals surface area contributed by atoms with Crippen LogP contribution in [0, 0.1) is 23.1 Å². The van der Waals surface area contributed by atoms with Crippen LogP contribution in [0.1, 0.15) is 123 Å². The van der Waals surface area contributed by atoms with Gasteiger partial charge in [-0.15, -0.1) is 13.2 Å². The molecule has 0 fully saturated rings. The molecule has 2 aromatic rings. The van der Waals surface area contributed by atoms with Crippen molar-refractivity contribution >= 4 is 5.78 Å². The van der Waals surface area contributed by atoms with Gasteiger partial charge in [-0.25, -0.2) is 4.39 Å². The first kappa shape index (κ1) is 40.9. The fraction of sp³-hybridized carbons (Fsp3) is 0.526. The Hall–Kier alpha value is -3.19. The van der Waals surface area contributed by atoms with Crippen molar-refractivity contribution < 1.29 is 13.9 Å². The van der Waals surface area contributed by atoms with E-state index in [4.69, 9.17) is 10.00 Å². The second kappa shape index (κ2) is 26.7. The summed E-state index contributed by atoms with van der Waals surface area (Å²) in [6, 6.07) is 14.9. The minimum absolute atomic E-state index is 0.136. The molecule has 0 aromatic heterocycles. The van der Waals surface area contributed by atoms with Crippen LogP contribution in [0.2, 0.25) is 0 Å². The normalized spacial score (nSPS) is 11.8. The van der Waals surface area contributed by atoms with Crippen LogP contribution in [0.4, 0.5) is 4.39 Å². The number of hydrogen-bond acceptors (Lipinski definition) is 3. The van der Waals surface area contributed by atoms with Gasteiger partial charge in [-0.2, -0.15) is 5.26 Å². The summed E-state index contributed by atoms with van der Waals surface area (Å²) in [6.45, 7) is 24.2. The van der Waals surface area contributed by atoms with E-state index in [9.17, 15) is 9.18 Å². The standard InChI is InChI=1S/C13H16O.C10H13F.C8H16O.C5H10.C2H3N/c1-10(2)6-7-11-4-3-5-13-12(11)8-9-14-13;1-3-8(2)9-5-4-6-10(11)7-9;1-4-7(2)5-6-8(3)9;1-3-5-4-2;1-2-3/h3-5H,1,6-9H2,2H3;4-8H,3H2,1-2H3;7H,4-6H2,1-3H3;3H,1,4-5H2,2H3;1H3. The number of carbonyl (C=O) groups is 1. The van der Waals surface area contributed by atoms with E-state index >= 15 is 0 Å². The molecular formula is C38H58FNO2. The van der Waals surface area contributed by atoms with Gasteiger partial charge in [-0.05, 0) is 87.1 Å². The molecule has 0 bridgehead atoms. The average Bonchev–Trinajstić information content (AvgIpc) is 3.46. The summed E-state index contributed by atoms with van der Waals surface area (Å²) in [7, 11) is 0. The van der Waals surface area contributed by atoms with Crippen LogP contribution >= 0.6 is 0 Å². The zero-order chi connectivity index (χ0) is 32.3. The second-order valence-corrected chi connectivity index (χ2v) is 10.9. The maximum Gasteiger partial charge on any atom is 0.129 e. The van der Waals surface area contributed by atoms with E-state index in [1.165, 1.54) is 42.5 Å². The molecule has 0 amide bonds. The maximum absolute atomic E-state index is 12.7. The van der Waals surface area contributed by atoms with E-state index in [2.05, 4.69) is 72.9 Å². The number of nitrogens with zero attached hydrogens (tertiary/aromatic N) is 1. The van der Waals surface area contributed by atoms with Crippen LogP contribution in [0.15, 0.2) is 67.3 Å². The van der Waals surface area contributed by atoms with E-state index < -0.39 is 0 Å². The number of benzene rings is 2. The molecule has 2 atom stereocenters. The van der Waals surface area contributed by atoms with Gasteiger partial charge in [0.05, 0.1) is 12.7 Å². The van der Waals surface area contributed by atoms with Crippen molar-refractivity contribution in [3.05, 3.63) is 89.8 Å². The fourth-order valence-electron chi connectivity index (χ4n) is 3.78. The Morgan fingerprint density at radius 2 is 1.74 bits per heavy atom. The van der Waals surface area contributed by atoms with E-state index in [1.54, 1.807) is 25.1 Å². The van der Waals surface area contributed by atoms with Crippen LogP contribution in [0.25, 0.3) is 0 Å². The van der Waals surface area contributed by atoms with Gasteiger partial charge in [-0.3, -0.25) is 0 Å². The summed E-state index contributed by atoms with van der Waals surface area (Å²) in [5, 5.41) is 7.32. The van der Waals surface area contributed by atoms with Crippen LogP contribution in [-0.4, -0.2) is 12.4 Å². The van der Waals surface area contributed by atoms with Crippen molar-refractivity contribution in [2.75, 3.05) is 6.61 Å². The molecule has 2 aromatic carbocycles. The number of nitriles is 1. The summed E-state index contributed by atoms with van der Waals surface area (Å²) in [5.74, 6) is 2.45. The molecule has 1 aliphatic heterocycles. The molecular weight excluding hydrogens is 521 g/mol. The van der Waals surface area contributed by atoms with Gasteiger partial charge in [0.25, 0.3) is 0 Å². The zero-order valence-corrected chi connectivity index (χ0v) is 27.9. The molecule has 2 unspecified atom stereocenters. The number of carbonyl (C=O) groups excluding carboxylic acids is 1. The van der Waals surface area contributed by atoms with Crippen molar-refractivity contribution in [3.63, 3.8) is 0 Å². The third kappa shape index (κ3) is 21.5. The molecule has 0 N–H and O–H groups in total. The number of unbranched alkanes of at least 4 members (excludes halogenated alkanes) is 1. The first-order valence-electron chi connectivity index (χ1n) is 15.5. The zero-order valence-electron chi connectivity index (χ0n) is 27.9. The summed E-state index contributed by atoms with van der Waals surface area (Å²) < 4.78 is 18.2. The summed E-state index contributed by atoms with van der Waals surface area (Å²) in [5.41, 5.74) is 5.19. The quantitative estimate of drug-likeness (QED) is 0.249. The third-order valence-electron chi connectivity index (χ3n) is 6.87. The van der Waals surface area contributed by atoms with Gasteiger partial charge in [-0.1, -0.05) is 83.4 Å². The third-order valence-corrected chi connectivity index (χ3v) is 6.87. The Kier molecular flexibility index (Phi) is 26.0. The Labute approximate surface area is 257 Å². The van der Waals surface area contributed by atoms with E-state index in [-0.39, 0.29) is 5.82 Å². The number of Topliss-reactive ketones (excluding diaryl/α,β-unsaturated/α-hetero) is 1. The van der Waals surface area contributed by atoms with Gasteiger partial charge in [0.2, 0.25) is 0 Å². The Morgan fingerprint density at radius 1 is 1.10 bits per heavy atom. The van der Waals surface area contributed by atoms with Crippen LogP contribution in [0.5, 0.6) is 5.75 Å². The molecule has 0 aliphatic carbocycles. The molecule has 1 aliphatic rings. The highest BCUT2D eigenvalue weighted by molar-refractivity contribution is 5.75. The number of halogens is 1. The smallest absolute Gasteiger partial charge is 0.129 e. The molecule has 3 rings (SSSR count). The second-order valence-electron chi connectivity index (χ2n) is 10.9. The van der Waals surface area contributed by atoms with Gasteiger partial charge in [0.15, 0.2) is 0 Å². The van der Waals surface area contributed by atoms with E-state index in [0.29, 0.717) is 17.6 Å². The van der Waals surface area contributed by atoms with Gasteiger partial charge in [0.1, 0.15) is 17.3 Å². The molecule has 3 nitrogen and oxygen atoms in total.